The van der Waals surface area contributed by atoms with E-state index in [1.165, 1.54) is 0 Å². The first-order valence-electron chi connectivity index (χ1n) is 5.38. The van der Waals surface area contributed by atoms with Crippen molar-refractivity contribution in [2.75, 3.05) is 32.8 Å². The van der Waals surface area contributed by atoms with E-state index in [0.29, 0.717) is 6.42 Å². The zero-order chi connectivity index (χ0) is 10.6. The van der Waals surface area contributed by atoms with Crippen molar-refractivity contribution >= 4 is 5.91 Å². The van der Waals surface area contributed by atoms with Crippen molar-refractivity contribution in [2.45, 2.75) is 26.3 Å². The lowest BCUT2D eigenvalue weighted by Crippen LogP contribution is -2.56. The number of amides is 1. The van der Waals surface area contributed by atoms with Gasteiger partial charge in [0.1, 0.15) is 0 Å². The first-order valence-corrected chi connectivity index (χ1v) is 5.38. The van der Waals surface area contributed by atoms with Gasteiger partial charge in [-0.15, -0.1) is 0 Å². The Morgan fingerprint density at radius 1 is 1.36 bits per heavy atom. The predicted octanol–water partition coefficient (Wildman–Crippen LogP) is -0.0786. The van der Waals surface area contributed by atoms with Crippen molar-refractivity contribution in [1.29, 1.82) is 0 Å². The molecule has 1 atom stereocenters. The number of hydrogen-bond donors (Lipinski definition) is 1. The average Bonchev–Trinajstić information content (AvgIpc) is 2.21. The largest absolute Gasteiger partial charge is 0.396 e. The molecule has 82 valence electrons. The maximum absolute atomic E-state index is 11.9. The van der Waals surface area contributed by atoms with Gasteiger partial charge in [-0.05, 0) is 19.9 Å². The first kappa shape index (κ1) is 11.5. The number of hydrogen-bond acceptors (Lipinski definition) is 3. The van der Waals surface area contributed by atoms with Crippen LogP contribution < -0.4 is 0 Å². The summed E-state index contributed by atoms with van der Waals surface area (Å²) in [6.45, 7) is 7.55. The molecule has 1 saturated heterocycles. The van der Waals surface area contributed by atoms with Gasteiger partial charge in [0.15, 0.2) is 0 Å². The second-order valence-electron chi connectivity index (χ2n) is 3.57. The van der Waals surface area contributed by atoms with Gasteiger partial charge in [0.25, 0.3) is 0 Å². The van der Waals surface area contributed by atoms with Crippen molar-refractivity contribution in [1.82, 2.24) is 9.80 Å². The van der Waals surface area contributed by atoms with Crippen molar-refractivity contribution in [3.8, 4) is 0 Å². The van der Waals surface area contributed by atoms with Crippen LogP contribution in [-0.4, -0.2) is 59.6 Å². The molecule has 1 aliphatic heterocycles. The number of likely N-dealkylation sites (N-methyl/N-ethyl adjacent to an activating group) is 2. The molecule has 4 heteroatoms. The minimum Gasteiger partial charge on any atom is -0.396 e. The lowest BCUT2D eigenvalue weighted by Gasteiger charge is -2.39. The second-order valence-corrected chi connectivity index (χ2v) is 3.57. The molecule has 0 spiro atoms. The molecular weight excluding hydrogens is 180 g/mol. The van der Waals surface area contributed by atoms with Gasteiger partial charge in [0.2, 0.25) is 5.91 Å². The summed E-state index contributed by atoms with van der Waals surface area (Å²) in [5, 5.41) is 8.91. The minimum absolute atomic E-state index is 0.0878. The highest BCUT2D eigenvalue weighted by atomic mass is 16.3. The van der Waals surface area contributed by atoms with Crippen LogP contribution in [0.2, 0.25) is 0 Å². The van der Waals surface area contributed by atoms with Gasteiger partial charge >= 0.3 is 0 Å². The molecule has 1 N–H and O–H groups in total. The van der Waals surface area contributed by atoms with Crippen LogP contribution in [-0.2, 0) is 4.79 Å². The number of piperazine rings is 1. The van der Waals surface area contributed by atoms with Crippen LogP contribution in [0, 0.1) is 0 Å². The smallest absolute Gasteiger partial charge is 0.240 e. The Labute approximate surface area is 85.5 Å². The van der Waals surface area contributed by atoms with Gasteiger partial charge in [-0.3, -0.25) is 9.69 Å². The van der Waals surface area contributed by atoms with Gasteiger partial charge in [-0.1, -0.05) is 6.92 Å². The molecule has 1 fully saturated rings. The zero-order valence-corrected chi connectivity index (χ0v) is 9.07. The van der Waals surface area contributed by atoms with Crippen LogP contribution in [0.3, 0.4) is 0 Å². The van der Waals surface area contributed by atoms with E-state index in [1.54, 1.807) is 0 Å². The first-order chi connectivity index (χ1) is 6.74. The summed E-state index contributed by atoms with van der Waals surface area (Å²) >= 11 is 0. The van der Waals surface area contributed by atoms with Gasteiger partial charge in [-0.2, -0.15) is 0 Å². The van der Waals surface area contributed by atoms with Gasteiger partial charge in [-0.25, -0.2) is 0 Å². The van der Waals surface area contributed by atoms with Crippen LogP contribution in [0.25, 0.3) is 0 Å². The number of carbonyl (C=O) groups is 1. The normalized spacial score (nSPS) is 24.4. The summed E-state index contributed by atoms with van der Waals surface area (Å²) < 4.78 is 0. The third-order valence-corrected chi connectivity index (χ3v) is 2.89. The Balaban J connectivity index is 2.65. The van der Waals surface area contributed by atoms with Crippen LogP contribution in [0.5, 0.6) is 0 Å². The van der Waals surface area contributed by atoms with E-state index in [0.717, 1.165) is 26.2 Å². The molecule has 1 aliphatic rings. The van der Waals surface area contributed by atoms with Crippen LogP contribution in [0.4, 0.5) is 0 Å². The SMILES string of the molecule is CCN1CCN(CC)C(CCO)C1=O. The fourth-order valence-corrected chi connectivity index (χ4v) is 2.00. The number of nitrogens with zero attached hydrogens (tertiary/aromatic N) is 2. The third-order valence-electron chi connectivity index (χ3n) is 2.89. The fraction of sp³-hybridized carbons (Fsp3) is 0.900. The molecule has 0 bridgehead atoms. The average molecular weight is 200 g/mol. The summed E-state index contributed by atoms with van der Waals surface area (Å²) in [5.74, 6) is 0.176. The quantitative estimate of drug-likeness (QED) is 0.690. The predicted molar refractivity (Wildman–Crippen MR) is 55.0 cm³/mol. The molecule has 4 nitrogen and oxygen atoms in total. The van der Waals surface area contributed by atoms with Gasteiger partial charge < -0.3 is 10.0 Å². The standard InChI is InChI=1S/C10H20N2O2/c1-3-11-6-7-12(4-2)10(14)9(11)5-8-13/h9,13H,3-8H2,1-2H3. The van der Waals surface area contributed by atoms with Gasteiger partial charge in [0.05, 0.1) is 6.04 Å². The number of aliphatic hydroxyl groups is 1. The van der Waals surface area contributed by atoms with Crippen molar-refractivity contribution in [3.63, 3.8) is 0 Å². The van der Waals surface area contributed by atoms with Crippen molar-refractivity contribution in [2.24, 2.45) is 0 Å². The maximum Gasteiger partial charge on any atom is 0.240 e. The summed E-state index contributed by atoms with van der Waals surface area (Å²) in [5.41, 5.74) is 0. The number of carbonyl (C=O) groups excluding carboxylic acids is 1. The fourth-order valence-electron chi connectivity index (χ4n) is 2.00. The van der Waals surface area contributed by atoms with E-state index in [2.05, 4.69) is 11.8 Å². The molecule has 1 unspecified atom stereocenters. The molecule has 1 heterocycles. The van der Waals surface area contributed by atoms with E-state index in [1.807, 2.05) is 11.8 Å². The summed E-state index contributed by atoms with van der Waals surface area (Å²) in [4.78, 5) is 15.9. The molecular formula is C10H20N2O2. The van der Waals surface area contributed by atoms with E-state index in [-0.39, 0.29) is 18.6 Å². The van der Waals surface area contributed by atoms with Gasteiger partial charge in [0, 0.05) is 26.2 Å². The summed E-state index contributed by atoms with van der Waals surface area (Å²) in [6, 6.07) is -0.0984. The lowest BCUT2D eigenvalue weighted by atomic mass is 10.1. The highest BCUT2D eigenvalue weighted by Gasteiger charge is 2.32. The molecule has 0 radical (unpaired) electrons. The third kappa shape index (κ3) is 2.25. The van der Waals surface area contributed by atoms with Crippen molar-refractivity contribution in [3.05, 3.63) is 0 Å². The Kier molecular flexibility index (Phi) is 4.35. The second kappa shape index (κ2) is 5.32. The molecule has 0 aromatic rings. The molecule has 0 aromatic carbocycles. The highest BCUT2D eigenvalue weighted by molar-refractivity contribution is 5.82. The monoisotopic (exact) mass is 200 g/mol. The van der Waals surface area contributed by atoms with E-state index in [4.69, 9.17) is 5.11 Å². The van der Waals surface area contributed by atoms with Crippen molar-refractivity contribution < 1.29 is 9.90 Å². The minimum atomic E-state index is -0.0984. The van der Waals surface area contributed by atoms with Crippen LogP contribution in [0.1, 0.15) is 20.3 Å². The van der Waals surface area contributed by atoms with E-state index in [9.17, 15) is 4.79 Å². The molecule has 14 heavy (non-hydrogen) atoms. The Bertz CT molecular complexity index is 197. The summed E-state index contributed by atoms with van der Waals surface area (Å²) in [7, 11) is 0. The molecule has 0 aromatic heterocycles. The highest BCUT2D eigenvalue weighted by Crippen LogP contribution is 2.13. The molecule has 0 saturated carbocycles. The number of rotatable bonds is 4. The lowest BCUT2D eigenvalue weighted by molar-refractivity contribution is -0.142. The Morgan fingerprint density at radius 2 is 2.07 bits per heavy atom. The van der Waals surface area contributed by atoms with Crippen LogP contribution in [0.15, 0.2) is 0 Å². The Morgan fingerprint density at radius 3 is 2.57 bits per heavy atom. The molecule has 0 aliphatic carbocycles. The maximum atomic E-state index is 11.9. The topological polar surface area (TPSA) is 43.8 Å². The van der Waals surface area contributed by atoms with Crippen LogP contribution >= 0.6 is 0 Å². The molecule has 1 rings (SSSR count). The Hall–Kier alpha value is -0.610. The van der Waals surface area contributed by atoms with E-state index >= 15 is 0 Å². The zero-order valence-electron chi connectivity index (χ0n) is 9.07. The van der Waals surface area contributed by atoms with E-state index < -0.39 is 0 Å². The summed E-state index contributed by atoms with van der Waals surface area (Å²) in [6.07, 6.45) is 0.559. The molecule has 1 amide bonds. The number of aliphatic hydroxyl groups excluding tert-OH is 1.